The maximum Gasteiger partial charge on any atom is 0.295 e. The van der Waals surface area contributed by atoms with Crippen LogP contribution in [0.5, 0.6) is 5.75 Å². The van der Waals surface area contributed by atoms with Crippen LogP contribution in [0.2, 0.25) is 0 Å². The first kappa shape index (κ1) is 19.3. The van der Waals surface area contributed by atoms with Crippen molar-refractivity contribution in [2.45, 2.75) is 11.8 Å². The Labute approximate surface area is 159 Å². The van der Waals surface area contributed by atoms with Crippen LogP contribution in [0.1, 0.15) is 15.9 Å². The Bertz CT molecular complexity index is 1240. The molecule has 3 N–H and O–H groups in total. The molecule has 0 unspecified atom stereocenters. The third-order valence-electron chi connectivity index (χ3n) is 4.08. The van der Waals surface area contributed by atoms with Gasteiger partial charge in [0, 0.05) is 22.5 Å². The van der Waals surface area contributed by atoms with Crippen molar-refractivity contribution in [2.75, 3.05) is 5.32 Å². The van der Waals surface area contributed by atoms with E-state index in [0.717, 1.165) is 6.07 Å². The van der Waals surface area contributed by atoms with Gasteiger partial charge in [-0.25, -0.2) is 0 Å². The summed E-state index contributed by atoms with van der Waals surface area (Å²) in [6, 6.07) is 10.2. The second-order valence-corrected chi connectivity index (χ2v) is 7.44. The maximum atomic E-state index is 12.6. The molecule has 0 bridgehead atoms. The number of anilines is 1. The third kappa shape index (κ3) is 3.63. The number of nitro benzene ring substituents is 1. The van der Waals surface area contributed by atoms with Gasteiger partial charge < -0.3 is 10.4 Å². The van der Waals surface area contributed by atoms with Crippen LogP contribution in [0.4, 0.5) is 11.4 Å². The summed E-state index contributed by atoms with van der Waals surface area (Å²) in [5.74, 6) is -0.979. The van der Waals surface area contributed by atoms with E-state index in [9.17, 15) is 33.0 Å². The summed E-state index contributed by atoms with van der Waals surface area (Å²) in [7, 11) is -4.55. The lowest BCUT2D eigenvalue weighted by Gasteiger charge is -2.12. The lowest BCUT2D eigenvalue weighted by Crippen LogP contribution is -2.14. The summed E-state index contributed by atoms with van der Waals surface area (Å²) in [5.41, 5.74) is 0.163. The molecule has 0 aliphatic heterocycles. The Balaban J connectivity index is 2.13. The number of amides is 1. The number of phenolic OH excluding ortho intramolecular Hbond substituents is 1. The Hall–Kier alpha value is -3.50. The summed E-state index contributed by atoms with van der Waals surface area (Å²) >= 11 is 0. The van der Waals surface area contributed by atoms with Gasteiger partial charge in [-0.1, -0.05) is 6.07 Å². The first-order chi connectivity index (χ1) is 13.1. The highest BCUT2D eigenvalue weighted by Crippen LogP contribution is 2.33. The van der Waals surface area contributed by atoms with Gasteiger partial charge in [-0.05, 0) is 48.9 Å². The fraction of sp³-hybridized carbons (Fsp3) is 0.0556. The summed E-state index contributed by atoms with van der Waals surface area (Å²) in [5, 5.41) is 23.7. The molecule has 1 amide bonds. The summed E-state index contributed by atoms with van der Waals surface area (Å²) in [4.78, 5) is 22.8. The smallest absolute Gasteiger partial charge is 0.295 e. The number of nitrogens with one attached hydrogen (secondary N) is 1. The number of hydrogen-bond donors (Lipinski definition) is 3. The van der Waals surface area contributed by atoms with E-state index in [2.05, 4.69) is 5.32 Å². The standard InChI is InChI=1S/C18H14N2O7S/c1-10-2-4-13(16(8-10)20(23)24)18(22)19-15-6-7-17(28(25,26)27)12-5-3-11(21)9-14(12)15/h2-9,21H,1H3,(H,19,22)(H,25,26,27). The van der Waals surface area contributed by atoms with Gasteiger partial charge in [0.2, 0.25) is 0 Å². The largest absolute Gasteiger partial charge is 0.508 e. The Morgan fingerprint density at radius 1 is 1.07 bits per heavy atom. The van der Waals surface area contributed by atoms with E-state index in [-0.39, 0.29) is 33.5 Å². The molecule has 10 heteroatoms. The van der Waals surface area contributed by atoms with Crippen LogP contribution in [-0.2, 0) is 10.1 Å². The van der Waals surface area contributed by atoms with Crippen molar-refractivity contribution in [1.29, 1.82) is 0 Å². The van der Waals surface area contributed by atoms with Gasteiger partial charge in [0.1, 0.15) is 16.2 Å². The van der Waals surface area contributed by atoms with Gasteiger partial charge in [0.15, 0.2) is 0 Å². The van der Waals surface area contributed by atoms with Gasteiger partial charge in [0.05, 0.1) is 4.92 Å². The van der Waals surface area contributed by atoms with E-state index >= 15 is 0 Å². The van der Waals surface area contributed by atoms with E-state index in [1.807, 2.05) is 0 Å². The number of carbonyl (C=O) groups excluding carboxylic acids is 1. The van der Waals surface area contributed by atoms with Crippen LogP contribution in [0, 0.1) is 17.0 Å². The molecule has 0 atom stereocenters. The van der Waals surface area contributed by atoms with Crippen molar-refractivity contribution in [2.24, 2.45) is 0 Å². The molecule has 28 heavy (non-hydrogen) atoms. The molecule has 0 spiro atoms. The molecule has 0 aromatic heterocycles. The minimum absolute atomic E-state index is 0.0662. The molecule has 3 aromatic rings. The SMILES string of the molecule is Cc1ccc(C(=O)Nc2ccc(S(=O)(=O)O)c3ccc(O)cc23)c([N+](=O)[O-])c1. The van der Waals surface area contributed by atoms with Gasteiger partial charge in [-0.3, -0.25) is 19.5 Å². The van der Waals surface area contributed by atoms with Gasteiger partial charge in [-0.15, -0.1) is 0 Å². The fourth-order valence-corrected chi connectivity index (χ4v) is 3.51. The van der Waals surface area contributed by atoms with Crippen molar-refractivity contribution in [3.05, 3.63) is 69.8 Å². The zero-order valence-corrected chi connectivity index (χ0v) is 15.2. The van der Waals surface area contributed by atoms with Gasteiger partial charge in [0.25, 0.3) is 21.7 Å². The van der Waals surface area contributed by atoms with Crippen molar-refractivity contribution >= 4 is 38.2 Å². The Kier molecular flexibility index (Phi) is 4.75. The van der Waals surface area contributed by atoms with Crippen LogP contribution in [0.25, 0.3) is 10.8 Å². The second-order valence-electron chi connectivity index (χ2n) is 6.05. The molecule has 144 valence electrons. The summed E-state index contributed by atoms with van der Waals surface area (Å²) < 4.78 is 32.5. The molecule has 0 radical (unpaired) electrons. The number of nitrogens with zero attached hydrogens (tertiary/aromatic N) is 1. The van der Waals surface area contributed by atoms with Crippen LogP contribution in [-0.4, -0.2) is 28.9 Å². The molecular weight excluding hydrogens is 388 g/mol. The molecule has 3 rings (SSSR count). The predicted molar refractivity (Wildman–Crippen MR) is 101 cm³/mol. The summed E-state index contributed by atoms with van der Waals surface area (Å²) in [6.07, 6.45) is 0. The van der Waals surface area contributed by atoms with E-state index in [4.69, 9.17) is 0 Å². The van der Waals surface area contributed by atoms with Gasteiger partial charge in [-0.2, -0.15) is 8.42 Å². The molecule has 0 aliphatic rings. The zero-order valence-electron chi connectivity index (χ0n) is 14.4. The highest BCUT2D eigenvalue weighted by atomic mass is 32.2. The van der Waals surface area contributed by atoms with Crippen LogP contribution in [0.3, 0.4) is 0 Å². The van der Waals surface area contributed by atoms with Crippen LogP contribution >= 0.6 is 0 Å². The van der Waals surface area contributed by atoms with Gasteiger partial charge >= 0.3 is 0 Å². The minimum Gasteiger partial charge on any atom is -0.508 e. The fourth-order valence-electron chi connectivity index (χ4n) is 2.82. The highest BCUT2D eigenvalue weighted by Gasteiger charge is 2.22. The van der Waals surface area contributed by atoms with E-state index in [0.29, 0.717) is 5.56 Å². The number of benzene rings is 3. The summed E-state index contributed by atoms with van der Waals surface area (Å²) in [6.45, 7) is 1.65. The highest BCUT2D eigenvalue weighted by molar-refractivity contribution is 7.86. The third-order valence-corrected chi connectivity index (χ3v) is 4.99. The molecule has 9 nitrogen and oxygen atoms in total. The molecule has 0 aliphatic carbocycles. The number of hydrogen-bond acceptors (Lipinski definition) is 6. The first-order valence-corrected chi connectivity index (χ1v) is 9.31. The molecular formula is C18H14N2O7S. The lowest BCUT2D eigenvalue weighted by atomic mass is 10.1. The second kappa shape index (κ2) is 6.91. The number of carbonyl (C=O) groups is 1. The average Bonchev–Trinajstić information content (AvgIpc) is 2.60. The minimum atomic E-state index is -4.55. The van der Waals surface area contributed by atoms with Crippen LogP contribution < -0.4 is 5.32 Å². The van der Waals surface area contributed by atoms with E-state index in [1.54, 1.807) is 13.0 Å². The van der Waals surface area contributed by atoms with E-state index in [1.165, 1.54) is 36.4 Å². The lowest BCUT2D eigenvalue weighted by molar-refractivity contribution is -0.385. The van der Waals surface area contributed by atoms with Crippen molar-refractivity contribution in [3.63, 3.8) is 0 Å². The first-order valence-electron chi connectivity index (χ1n) is 7.87. The van der Waals surface area contributed by atoms with Crippen LogP contribution in [0.15, 0.2) is 53.4 Å². The average molecular weight is 402 g/mol. The quantitative estimate of drug-likeness (QED) is 0.345. The number of fused-ring (bicyclic) bond motifs is 1. The molecule has 0 saturated carbocycles. The number of rotatable bonds is 4. The Morgan fingerprint density at radius 2 is 1.79 bits per heavy atom. The normalized spacial score (nSPS) is 11.4. The molecule has 0 fully saturated rings. The van der Waals surface area contributed by atoms with Crippen molar-refractivity contribution in [3.8, 4) is 5.75 Å². The monoisotopic (exact) mass is 402 g/mol. The number of aromatic hydroxyl groups is 1. The number of aryl methyl sites for hydroxylation is 1. The molecule has 0 saturated heterocycles. The maximum absolute atomic E-state index is 12.6. The molecule has 0 heterocycles. The molecule has 3 aromatic carbocycles. The predicted octanol–water partition coefficient (Wildman–Crippen LogP) is 3.26. The van der Waals surface area contributed by atoms with Crippen molar-refractivity contribution < 1.29 is 27.8 Å². The number of phenols is 1. The zero-order chi connectivity index (χ0) is 20.6. The van der Waals surface area contributed by atoms with E-state index < -0.39 is 25.8 Å². The Morgan fingerprint density at radius 3 is 2.43 bits per heavy atom. The van der Waals surface area contributed by atoms with Crippen molar-refractivity contribution in [1.82, 2.24) is 0 Å². The topological polar surface area (TPSA) is 147 Å². The number of nitro groups is 1.